The Morgan fingerprint density at radius 2 is 1.49 bits per heavy atom. The molecule has 0 bridgehead atoms. The molecule has 1 atom stereocenters. The number of carbonyl (C=O) groups excluding carboxylic acids is 2. The van der Waals surface area contributed by atoms with E-state index in [4.69, 9.17) is 23.2 Å². The summed E-state index contributed by atoms with van der Waals surface area (Å²) in [7, 11) is -4.27. The van der Waals surface area contributed by atoms with E-state index in [0.29, 0.717) is 6.54 Å². The van der Waals surface area contributed by atoms with E-state index in [-0.39, 0.29) is 39.5 Å². The predicted molar refractivity (Wildman–Crippen MR) is 172 cm³/mol. The summed E-state index contributed by atoms with van der Waals surface area (Å²) in [6, 6.07) is 28.3. The first kappa shape index (κ1) is 32.1. The highest BCUT2D eigenvalue weighted by molar-refractivity contribution is 7.92. The molecule has 0 heterocycles. The molecule has 0 aliphatic rings. The zero-order valence-corrected chi connectivity index (χ0v) is 26.2. The largest absolute Gasteiger partial charge is 0.355 e. The van der Waals surface area contributed by atoms with Gasteiger partial charge in [0.2, 0.25) is 11.8 Å². The van der Waals surface area contributed by atoms with Crippen molar-refractivity contribution in [2.75, 3.05) is 17.4 Å². The molecule has 4 aromatic carbocycles. The molecular formula is C33H33Cl2N3O4S. The average molecular weight is 639 g/mol. The third-order valence-electron chi connectivity index (χ3n) is 6.84. The number of carbonyl (C=O) groups is 2. The van der Waals surface area contributed by atoms with Crippen LogP contribution in [0.3, 0.4) is 0 Å². The molecule has 7 nitrogen and oxygen atoms in total. The van der Waals surface area contributed by atoms with Crippen LogP contribution in [0.2, 0.25) is 10.0 Å². The molecule has 0 aromatic heterocycles. The van der Waals surface area contributed by atoms with Gasteiger partial charge in [-0.25, -0.2) is 8.42 Å². The average Bonchev–Trinajstić information content (AvgIpc) is 3.00. The highest BCUT2D eigenvalue weighted by Crippen LogP contribution is 2.33. The van der Waals surface area contributed by atoms with Crippen molar-refractivity contribution < 1.29 is 18.0 Å². The van der Waals surface area contributed by atoms with Gasteiger partial charge in [0.05, 0.1) is 15.6 Å². The minimum Gasteiger partial charge on any atom is -0.355 e. The molecule has 2 amide bonds. The molecule has 0 aliphatic heterocycles. The van der Waals surface area contributed by atoms with Gasteiger partial charge in [0.1, 0.15) is 12.6 Å². The highest BCUT2D eigenvalue weighted by atomic mass is 35.5. The van der Waals surface area contributed by atoms with Crippen molar-refractivity contribution in [2.24, 2.45) is 0 Å². The first-order valence-corrected chi connectivity index (χ1v) is 16.0. The minimum atomic E-state index is -4.27. The summed E-state index contributed by atoms with van der Waals surface area (Å²) in [5.41, 5.74) is 2.70. The second-order valence-electron chi connectivity index (χ2n) is 10.0. The molecule has 0 spiro atoms. The van der Waals surface area contributed by atoms with Crippen molar-refractivity contribution in [2.45, 2.75) is 37.8 Å². The summed E-state index contributed by atoms with van der Waals surface area (Å²) >= 11 is 12.8. The fourth-order valence-corrected chi connectivity index (χ4v) is 6.65. The lowest BCUT2D eigenvalue weighted by Gasteiger charge is -2.34. The fraction of sp³-hybridized carbons (Fsp3) is 0.212. The van der Waals surface area contributed by atoms with Crippen LogP contribution in [-0.4, -0.2) is 44.3 Å². The molecule has 10 heteroatoms. The number of aryl methyl sites for hydroxylation is 1. The van der Waals surface area contributed by atoms with Gasteiger partial charge in [-0.3, -0.25) is 13.9 Å². The maximum absolute atomic E-state index is 14.4. The third kappa shape index (κ3) is 8.16. The number of benzene rings is 4. The van der Waals surface area contributed by atoms with E-state index in [2.05, 4.69) is 5.32 Å². The van der Waals surface area contributed by atoms with Gasteiger partial charge in [-0.15, -0.1) is 0 Å². The summed E-state index contributed by atoms with van der Waals surface area (Å²) in [5, 5.41) is 3.21. The summed E-state index contributed by atoms with van der Waals surface area (Å²) in [5.74, 6) is -0.921. The fourth-order valence-electron chi connectivity index (χ4n) is 4.76. The molecule has 4 rings (SSSR count). The first-order chi connectivity index (χ1) is 20.6. The molecule has 224 valence electrons. The normalized spacial score (nSPS) is 11.9. The van der Waals surface area contributed by atoms with E-state index in [0.717, 1.165) is 21.0 Å². The Morgan fingerprint density at radius 1 is 0.837 bits per heavy atom. The molecule has 1 N–H and O–H groups in total. The summed E-state index contributed by atoms with van der Waals surface area (Å²) < 4.78 is 29.0. The van der Waals surface area contributed by atoms with E-state index < -0.39 is 28.5 Å². The Hall–Kier alpha value is -3.85. The van der Waals surface area contributed by atoms with Crippen LogP contribution in [0.4, 0.5) is 5.69 Å². The number of anilines is 1. The lowest BCUT2D eigenvalue weighted by molar-refractivity contribution is -0.140. The van der Waals surface area contributed by atoms with Crippen molar-refractivity contribution in [3.05, 3.63) is 130 Å². The topological polar surface area (TPSA) is 86.8 Å². The van der Waals surface area contributed by atoms with Crippen molar-refractivity contribution in [1.29, 1.82) is 0 Å². The van der Waals surface area contributed by atoms with Crippen molar-refractivity contribution >= 4 is 50.7 Å². The van der Waals surface area contributed by atoms with Crippen LogP contribution < -0.4 is 9.62 Å². The lowest BCUT2D eigenvalue weighted by Crippen LogP contribution is -2.53. The van der Waals surface area contributed by atoms with E-state index in [1.54, 1.807) is 25.1 Å². The van der Waals surface area contributed by atoms with E-state index in [9.17, 15) is 18.0 Å². The van der Waals surface area contributed by atoms with E-state index in [1.165, 1.54) is 35.2 Å². The van der Waals surface area contributed by atoms with Crippen LogP contribution in [0.5, 0.6) is 0 Å². The molecule has 0 saturated heterocycles. The summed E-state index contributed by atoms with van der Waals surface area (Å²) in [6.07, 6.45) is 0.230. The van der Waals surface area contributed by atoms with Crippen LogP contribution in [0, 0.1) is 6.92 Å². The molecule has 0 radical (unpaired) electrons. The van der Waals surface area contributed by atoms with Gasteiger partial charge < -0.3 is 10.2 Å². The Morgan fingerprint density at radius 3 is 2.14 bits per heavy atom. The lowest BCUT2D eigenvalue weighted by atomic mass is 10.0. The van der Waals surface area contributed by atoms with Gasteiger partial charge in [0.25, 0.3) is 10.0 Å². The van der Waals surface area contributed by atoms with Gasteiger partial charge in [-0.2, -0.15) is 0 Å². The maximum atomic E-state index is 14.4. The Kier molecular flexibility index (Phi) is 10.9. The Labute approximate surface area is 263 Å². The van der Waals surface area contributed by atoms with Crippen LogP contribution in [0.1, 0.15) is 23.6 Å². The Balaban J connectivity index is 1.82. The first-order valence-electron chi connectivity index (χ1n) is 13.8. The second-order valence-corrected chi connectivity index (χ2v) is 12.7. The monoisotopic (exact) mass is 637 g/mol. The molecule has 43 heavy (non-hydrogen) atoms. The van der Waals surface area contributed by atoms with Gasteiger partial charge in [-0.05, 0) is 55.3 Å². The molecular weight excluding hydrogens is 605 g/mol. The predicted octanol–water partition coefficient (Wildman–Crippen LogP) is 6.27. The summed E-state index contributed by atoms with van der Waals surface area (Å²) in [6.45, 7) is 3.57. The number of halogens is 2. The summed E-state index contributed by atoms with van der Waals surface area (Å²) in [4.78, 5) is 29.4. The molecule has 0 aliphatic carbocycles. The minimum absolute atomic E-state index is 0.0198. The zero-order chi connectivity index (χ0) is 31.0. The van der Waals surface area contributed by atoms with Crippen molar-refractivity contribution in [3.8, 4) is 0 Å². The molecule has 0 saturated carbocycles. The maximum Gasteiger partial charge on any atom is 0.264 e. The van der Waals surface area contributed by atoms with Gasteiger partial charge in [0.15, 0.2) is 0 Å². The van der Waals surface area contributed by atoms with Crippen LogP contribution in [0.25, 0.3) is 0 Å². The van der Waals surface area contributed by atoms with Crippen LogP contribution in [0.15, 0.2) is 108 Å². The standard InChI is InChI=1S/C33H33Cl2N3O4S/c1-3-36-33(40)31(20-25-12-6-4-7-13-25)37(22-26-14-10-11-24(2)19-26)32(39)23-38(30-21-27(34)17-18-29(30)35)43(41,42)28-15-8-5-9-16-28/h4-19,21,31H,3,20,22-23H2,1-2H3,(H,36,40)/t31-/m0/s1. The second kappa shape index (κ2) is 14.6. The van der Waals surface area contributed by atoms with Crippen molar-refractivity contribution in [1.82, 2.24) is 10.2 Å². The van der Waals surface area contributed by atoms with Crippen LogP contribution in [-0.2, 0) is 32.6 Å². The molecule has 0 fully saturated rings. The number of hydrogen-bond acceptors (Lipinski definition) is 4. The van der Waals surface area contributed by atoms with Gasteiger partial charge in [0, 0.05) is 24.5 Å². The molecule has 4 aromatic rings. The number of amides is 2. The number of rotatable bonds is 12. The number of nitrogens with zero attached hydrogens (tertiary/aromatic N) is 2. The third-order valence-corrected chi connectivity index (χ3v) is 9.17. The zero-order valence-electron chi connectivity index (χ0n) is 23.9. The number of hydrogen-bond donors (Lipinski definition) is 1. The van der Waals surface area contributed by atoms with Gasteiger partial charge >= 0.3 is 0 Å². The smallest absolute Gasteiger partial charge is 0.264 e. The van der Waals surface area contributed by atoms with E-state index >= 15 is 0 Å². The van der Waals surface area contributed by atoms with Crippen LogP contribution >= 0.6 is 23.2 Å². The number of likely N-dealkylation sites (N-methyl/N-ethyl adjacent to an activating group) is 1. The number of sulfonamides is 1. The van der Waals surface area contributed by atoms with Crippen molar-refractivity contribution in [3.63, 3.8) is 0 Å². The quantitative estimate of drug-likeness (QED) is 0.198. The van der Waals surface area contributed by atoms with Gasteiger partial charge in [-0.1, -0.05) is 102 Å². The Bertz CT molecular complexity index is 1670. The molecule has 0 unspecified atom stereocenters. The highest BCUT2D eigenvalue weighted by Gasteiger charge is 2.35. The van der Waals surface area contributed by atoms with E-state index in [1.807, 2.05) is 61.5 Å². The number of nitrogens with one attached hydrogen (secondary N) is 1. The SMILES string of the molecule is CCNC(=O)[C@H](Cc1ccccc1)N(Cc1cccc(C)c1)C(=O)CN(c1cc(Cl)ccc1Cl)S(=O)(=O)c1ccccc1.